The van der Waals surface area contributed by atoms with Gasteiger partial charge in [0.15, 0.2) is 0 Å². The zero-order chi connectivity index (χ0) is 18.1. The van der Waals surface area contributed by atoms with Gasteiger partial charge < -0.3 is 15.0 Å². The van der Waals surface area contributed by atoms with Gasteiger partial charge in [-0.2, -0.15) is 0 Å². The molecule has 136 valence electrons. The molecule has 1 aliphatic rings. The van der Waals surface area contributed by atoms with Gasteiger partial charge in [0.1, 0.15) is 10.6 Å². The van der Waals surface area contributed by atoms with E-state index in [-0.39, 0.29) is 5.56 Å². The summed E-state index contributed by atoms with van der Waals surface area (Å²) in [6.45, 7) is 5.67. The Morgan fingerprint density at radius 2 is 2.12 bits per heavy atom. The molecule has 6 nitrogen and oxygen atoms in total. The molecule has 2 N–H and O–H groups in total. The van der Waals surface area contributed by atoms with E-state index in [1.54, 1.807) is 7.11 Å². The molecule has 1 saturated heterocycles. The third-order valence-electron chi connectivity index (χ3n) is 4.72. The number of thiophene rings is 1. The first-order chi connectivity index (χ1) is 12.7. The van der Waals surface area contributed by atoms with Crippen LogP contribution >= 0.6 is 11.3 Å². The van der Waals surface area contributed by atoms with E-state index in [0.717, 1.165) is 59.9 Å². The Morgan fingerprint density at radius 3 is 2.96 bits per heavy atom. The highest BCUT2D eigenvalue weighted by molar-refractivity contribution is 7.17. The van der Waals surface area contributed by atoms with E-state index in [1.165, 1.54) is 11.3 Å². The molecule has 1 aliphatic heterocycles. The van der Waals surface area contributed by atoms with Crippen molar-refractivity contribution in [3.05, 3.63) is 39.5 Å². The first kappa shape index (κ1) is 17.1. The number of anilines is 1. The molecule has 3 aromatic rings. The molecule has 1 fully saturated rings. The number of aryl methyl sites for hydroxylation is 1. The molecule has 0 saturated carbocycles. The Labute approximate surface area is 155 Å². The highest BCUT2D eigenvalue weighted by atomic mass is 32.1. The molecule has 0 unspecified atom stereocenters. The Bertz CT molecular complexity index is 987. The van der Waals surface area contributed by atoms with Crippen molar-refractivity contribution in [3.8, 4) is 16.9 Å². The summed E-state index contributed by atoms with van der Waals surface area (Å²) < 4.78 is 5.50. The molecule has 26 heavy (non-hydrogen) atoms. The normalized spacial score (nSPS) is 15.2. The molecule has 1 aromatic carbocycles. The van der Waals surface area contributed by atoms with Gasteiger partial charge in [0.2, 0.25) is 5.95 Å². The van der Waals surface area contributed by atoms with Crippen LogP contribution in [0.1, 0.15) is 12.0 Å². The fraction of sp³-hybridized carbons (Fsp3) is 0.368. The van der Waals surface area contributed by atoms with Crippen LogP contribution in [0, 0.1) is 6.92 Å². The maximum atomic E-state index is 12.9. The predicted octanol–water partition coefficient (Wildman–Crippen LogP) is 2.77. The topological polar surface area (TPSA) is 70.2 Å². The standard InChI is InChI=1S/C19H22N4O2S/c1-12-4-5-15(25-2)13(10-12)14-11-26-18-16(14)17(24)21-19(22-18)23-8-3-6-20-7-9-23/h4-5,10-11,20H,3,6-9H2,1-2H3,(H,21,22,24). The van der Waals surface area contributed by atoms with Crippen LogP contribution < -0.4 is 20.5 Å². The van der Waals surface area contributed by atoms with Crippen LogP contribution in [-0.4, -0.2) is 43.3 Å². The van der Waals surface area contributed by atoms with Gasteiger partial charge in [0.25, 0.3) is 5.56 Å². The zero-order valence-electron chi connectivity index (χ0n) is 15.0. The van der Waals surface area contributed by atoms with Crippen molar-refractivity contribution in [2.24, 2.45) is 0 Å². The van der Waals surface area contributed by atoms with E-state index >= 15 is 0 Å². The largest absolute Gasteiger partial charge is 0.496 e. The van der Waals surface area contributed by atoms with E-state index in [9.17, 15) is 4.79 Å². The summed E-state index contributed by atoms with van der Waals surface area (Å²) in [5.41, 5.74) is 2.83. The van der Waals surface area contributed by atoms with Gasteiger partial charge in [0, 0.05) is 36.1 Å². The number of aromatic amines is 1. The van der Waals surface area contributed by atoms with Crippen molar-refractivity contribution in [1.29, 1.82) is 0 Å². The lowest BCUT2D eigenvalue weighted by Crippen LogP contribution is -2.31. The molecule has 0 spiro atoms. The number of nitrogens with zero attached hydrogens (tertiary/aromatic N) is 2. The molecule has 0 amide bonds. The van der Waals surface area contributed by atoms with Crippen molar-refractivity contribution in [2.75, 3.05) is 38.2 Å². The average molecular weight is 370 g/mol. The summed E-state index contributed by atoms with van der Waals surface area (Å²) in [4.78, 5) is 23.5. The Hall–Kier alpha value is -2.38. The molecule has 2 aromatic heterocycles. The maximum absolute atomic E-state index is 12.9. The fourth-order valence-electron chi connectivity index (χ4n) is 3.38. The van der Waals surface area contributed by atoms with Crippen molar-refractivity contribution >= 4 is 27.5 Å². The minimum atomic E-state index is -0.0954. The summed E-state index contributed by atoms with van der Waals surface area (Å²) >= 11 is 1.50. The average Bonchev–Trinajstić information content (AvgIpc) is 2.88. The minimum Gasteiger partial charge on any atom is -0.496 e. The quantitative estimate of drug-likeness (QED) is 0.742. The van der Waals surface area contributed by atoms with Gasteiger partial charge in [-0.05, 0) is 32.0 Å². The lowest BCUT2D eigenvalue weighted by molar-refractivity contribution is 0.416. The van der Waals surface area contributed by atoms with Crippen LogP contribution in [0.2, 0.25) is 0 Å². The SMILES string of the molecule is COc1ccc(C)cc1-c1csc2nc(N3CCCNCC3)[nH]c(=O)c12. The monoisotopic (exact) mass is 370 g/mol. The summed E-state index contributed by atoms with van der Waals surface area (Å²) in [5.74, 6) is 1.42. The first-order valence-electron chi connectivity index (χ1n) is 8.79. The second-order valence-corrected chi connectivity index (χ2v) is 7.37. The van der Waals surface area contributed by atoms with E-state index < -0.39 is 0 Å². The number of benzene rings is 1. The Balaban J connectivity index is 1.82. The lowest BCUT2D eigenvalue weighted by atomic mass is 10.0. The Kier molecular flexibility index (Phi) is 4.65. The smallest absolute Gasteiger partial charge is 0.261 e. The number of methoxy groups -OCH3 is 1. The van der Waals surface area contributed by atoms with Crippen molar-refractivity contribution in [1.82, 2.24) is 15.3 Å². The molecule has 4 rings (SSSR count). The van der Waals surface area contributed by atoms with Gasteiger partial charge in [-0.3, -0.25) is 9.78 Å². The number of nitrogens with one attached hydrogen (secondary N) is 2. The minimum absolute atomic E-state index is 0.0954. The number of rotatable bonds is 3. The molecular formula is C19H22N4O2S. The number of fused-ring (bicyclic) bond motifs is 1. The van der Waals surface area contributed by atoms with E-state index in [1.807, 2.05) is 30.5 Å². The molecule has 0 aliphatic carbocycles. The van der Waals surface area contributed by atoms with Crippen molar-refractivity contribution in [2.45, 2.75) is 13.3 Å². The molecule has 3 heterocycles. The summed E-state index contributed by atoms with van der Waals surface area (Å²) in [7, 11) is 1.65. The molecule has 0 atom stereocenters. The van der Waals surface area contributed by atoms with Crippen molar-refractivity contribution < 1.29 is 4.74 Å². The van der Waals surface area contributed by atoms with Gasteiger partial charge in [-0.25, -0.2) is 4.98 Å². The number of ether oxygens (including phenoxy) is 1. The first-order valence-corrected chi connectivity index (χ1v) is 9.67. The lowest BCUT2D eigenvalue weighted by Gasteiger charge is -2.20. The van der Waals surface area contributed by atoms with Crippen molar-refractivity contribution in [3.63, 3.8) is 0 Å². The fourth-order valence-corrected chi connectivity index (χ4v) is 4.31. The number of hydrogen-bond acceptors (Lipinski definition) is 6. The number of hydrogen-bond donors (Lipinski definition) is 2. The molecular weight excluding hydrogens is 348 g/mol. The van der Waals surface area contributed by atoms with Gasteiger partial charge in [-0.15, -0.1) is 11.3 Å². The third kappa shape index (κ3) is 3.08. The molecule has 7 heteroatoms. The van der Waals surface area contributed by atoms with Gasteiger partial charge in [-0.1, -0.05) is 11.6 Å². The van der Waals surface area contributed by atoms with Crippen LogP contribution in [-0.2, 0) is 0 Å². The van der Waals surface area contributed by atoms with Crippen LogP contribution in [0.15, 0.2) is 28.4 Å². The van der Waals surface area contributed by atoms with E-state index in [0.29, 0.717) is 11.3 Å². The number of H-pyrrole nitrogens is 1. The maximum Gasteiger partial charge on any atom is 0.261 e. The number of aromatic nitrogens is 2. The van der Waals surface area contributed by atoms with Gasteiger partial charge >= 0.3 is 0 Å². The summed E-state index contributed by atoms with van der Waals surface area (Å²) in [6.07, 6.45) is 1.04. The van der Waals surface area contributed by atoms with E-state index in [4.69, 9.17) is 9.72 Å². The van der Waals surface area contributed by atoms with Crippen LogP contribution in [0.25, 0.3) is 21.3 Å². The molecule has 0 radical (unpaired) electrons. The zero-order valence-corrected chi connectivity index (χ0v) is 15.8. The highest BCUT2D eigenvalue weighted by Crippen LogP contribution is 2.37. The van der Waals surface area contributed by atoms with Gasteiger partial charge in [0.05, 0.1) is 12.5 Å². The summed E-state index contributed by atoms with van der Waals surface area (Å²) in [5, 5.41) is 6.00. The second-order valence-electron chi connectivity index (χ2n) is 6.51. The predicted molar refractivity (Wildman–Crippen MR) is 107 cm³/mol. The van der Waals surface area contributed by atoms with Crippen LogP contribution in [0.5, 0.6) is 5.75 Å². The Morgan fingerprint density at radius 1 is 1.23 bits per heavy atom. The second kappa shape index (κ2) is 7.09. The molecule has 0 bridgehead atoms. The van der Waals surface area contributed by atoms with E-state index in [2.05, 4.69) is 15.2 Å². The highest BCUT2D eigenvalue weighted by Gasteiger charge is 2.18. The summed E-state index contributed by atoms with van der Waals surface area (Å²) in [6, 6.07) is 5.99. The van der Waals surface area contributed by atoms with Crippen LogP contribution in [0.4, 0.5) is 5.95 Å². The van der Waals surface area contributed by atoms with Crippen LogP contribution in [0.3, 0.4) is 0 Å². The third-order valence-corrected chi connectivity index (χ3v) is 5.59.